The Bertz CT molecular complexity index is 1300. The third kappa shape index (κ3) is 28.0. The first kappa shape index (κ1) is 57.1. The Morgan fingerprint density at radius 2 is 0.900 bits per heavy atom. The van der Waals surface area contributed by atoms with Gasteiger partial charge in [-0.15, -0.1) is 0 Å². The molecule has 8 atom stereocenters. The van der Waals surface area contributed by atoms with Crippen LogP contribution in [0.25, 0.3) is 0 Å². The Hall–Kier alpha value is -0.890. The molecule has 0 amide bonds. The summed E-state index contributed by atoms with van der Waals surface area (Å²) in [7, 11) is -16.6. The van der Waals surface area contributed by atoms with E-state index in [4.69, 9.17) is 24.3 Å². The number of esters is 2. The highest BCUT2D eigenvalue weighted by Gasteiger charge is 2.56. The molecule has 60 heavy (non-hydrogen) atoms. The molecule has 0 radical (unpaired) electrons. The van der Waals surface area contributed by atoms with Gasteiger partial charge in [0.05, 0.1) is 6.61 Å². The average Bonchev–Trinajstić information content (AvgIpc) is 3.16. The molecule has 0 aromatic rings. The zero-order valence-corrected chi connectivity index (χ0v) is 37.8. The van der Waals surface area contributed by atoms with Crippen molar-refractivity contribution in [2.75, 3.05) is 19.8 Å². The Labute approximate surface area is 354 Å². The van der Waals surface area contributed by atoms with Gasteiger partial charge in [0.25, 0.3) is 0 Å². The largest absolute Gasteiger partial charge is 0.472 e. The van der Waals surface area contributed by atoms with Crippen molar-refractivity contribution in [3.05, 3.63) is 0 Å². The standard InChI is InChI=1S/C37H74NO19P3/c1-2-3-4-5-6-7-8-9-10-12-16-19-22-25-31(40)54-29(27-52-30(39)24-21-18-15-13-11-14-17-20-23-26-38)28-53-60(50,51)57-35-32(41)33(42)36(55-58(44,45)46)37(34(35)43)56-59(47,48)49/h29,32-37,41-43H,2-28,38H2,1H3,(H,50,51)(H2,44,45,46)(H2,47,48,49)/t29-,32?,33?,34?,35?,36?,37?/m1/s1. The summed E-state index contributed by atoms with van der Waals surface area (Å²) in [6.45, 7) is 1.41. The number of unbranched alkanes of at least 4 members (excludes halogenated alkanes) is 20. The molecule has 0 spiro atoms. The number of carbonyl (C=O) groups excluding carboxylic acids is 2. The van der Waals surface area contributed by atoms with Crippen molar-refractivity contribution < 1.29 is 90.6 Å². The van der Waals surface area contributed by atoms with E-state index in [2.05, 4.69) is 16.0 Å². The number of aliphatic hydroxyl groups excluding tert-OH is 3. The van der Waals surface area contributed by atoms with Gasteiger partial charge in [0, 0.05) is 12.8 Å². The Balaban J connectivity index is 2.79. The molecule has 0 aromatic heterocycles. The molecular weight excluding hydrogens is 855 g/mol. The molecule has 0 aliphatic heterocycles. The molecule has 0 saturated heterocycles. The van der Waals surface area contributed by atoms with Crippen molar-refractivity contribution in [1.82, 2.24) is 0 Å². The van der Waals surface area contributed by atoms with Crippen LogP contribution in [0, 0.1) is 0 Å². The molecule has 0 aromatic carbocycles. The van der Waals surface area contributed by atoms with Gasteiger partial charge in [-0.2, -0.15) is 0 Å². The Morgan fingerprint density at radius 3 is 1.33 bits per heavy atom. The maximum atomic E-state index is 13.0. The van der Waals surface area contributed by atoms with Crippen LogP contribution >= 0.6 is 23.5 Å². The predicted octanol–water partition coefficient (Wildman–Crippen LogP) is 5.34. The second kappa shape index (κ2) is 31.9. The number of carbonyl (C=O) groups is 2. The molecule has 1 rings (SSSR count). The summed E-state index contributed by atoms with van der Waals surface area (Å²) in [4.78, 5) is 72.8. The molecule has 0 bridgehead atoms. The topological polar surface area (TPSA) is 329 Å². The van der Waals surface area contributed by atoms with E-state index in [0.717, 1.165) is 83.5 Å². The number of rotatable bonds is 37. The molecule has 20 nitrogen and oxygen atoms in total. The molecule has 10 N–H and O–H groups in total. The Kier molecular flexibility index (Phi) is 30.3. The normalized spacial score (nSPS) is 22.6. The Morgan fingerprint density at radius 1 is 0.517 bits per heavy atom. The SMILES string of the molecule is CCCCCCCCCCCCCCCC(=O)O[C@H](COC(=O)CCCCCCCCCCCN)COP(=O)(O)OC1C(O)C(O)C(OP(=O)(O)O)C(OP(=O)(O)O)C1O. The summed E-state index contributed by atoms with van der Waals surface area (Å²) in [5, 5.41) is 31.7. The fourth-order valence-electron chi connectivity index (χ4n) is 6.77. The van der Waals surface area contributed by atoms with Gasteiger partial charge in [0.1, 0.15) is 43.2 Å². The van der Waals surface area contributed by atoms with Crippen LogP contribution in [-0.4, -0.2) is 114 Å². The summed E-state index contributed by atoms with van der Waals surface area (Å²) >= 11 is 0. The lowest BCUT2D eigenvalue weighted by atomic mass is 9.85. The molecule has 1 aliphatic carbocycles. The second-order valence-corrected chi connectivity index (χ2v) is 19.2. The van der Waals surface area contributed by atoms with Crippen LogP contribution in [0.5, 0.6) is 0 Å². The quantitative estimate of drug-likeness (QED) is 0.0216. The van der Waals surface area contributed by atoms with Crippen molar-refractivity contribution in [3.63, 3.8) is 0 Å². The lowest BCUT2D eigenvalue weighted by Crippen LogP contribution is -2.65. The van der Waals surface area contributed by atoms with Crippen LogP contribution in [0.3, 0.4) is 0 Å². The number of phosphoric ester groups is 3. The van der Waals surface area contributed by atoms with Crippen LogP contribution in [0.1, 0.15) is 161 Å². The van der Waals surface area contributed by atoms with E-state index in [0.29, 0.717) is 19.4 Å². The van der Waals surface area contributed by atoms with E-state index in [1.54, 1.807) is 0 Å². The molecule has 7 unspecified atom stereocenters. The van der Waals surface area contributed by atoms with E-state index in [9.17, 15) is 63.1 Å². The molecule has 1 fully saturated rings. The molecular formula is C37H74NO19P3. The van der Waals surface area contributed by atoms with E-state index in [1.807, 2.05) is 0 Å². The van der Waals surface area contributed by atoms with Crippen LogP contribution in [-0.2, 0) is 50.9 Å². The first-order chi connectivity index (χ1) is 28.3. The lowest BCUT2D eigenvalue weighted by molar-refractivity contribution is -0.213. The van der Waals surface area contributed by atoms with Gasteiger partial charge >= 0.3 is 35.4 Å². The minimum atomic E-state index is -5.59. The zero-order valence-electron chi connectivity index (χ0n) is 35.1. The molecule has 1 aliphatic rings. The minimum Gasteiger partial charge on any atom is -0.462 e. The smallest absolute Gasteiger partial charge is 0.462 e. The zero-order chi connectivity index (χ0) is 45.0. The molecule has 23 heteroatoms. The fourth-order valence-corrected chi connectivity index (χ4v) is 8.87. The van der Waals surface area contributed by atoms with Gasteiger partial charge in [-0.05, 0) is 25.8 Å². The van der Waals surface area contributed by atoms with E-state index >= 15 is 0 Å². The highest BCUT2D eigenvalue weighted by molar-refractivity contribution is 7.47. The van der Waals surface area contributed by atoms with E-state index in [-0.39, 0.29) is 12.8 Å². The summed E-state index contributed by atoms with van der Waals surface area (Å²) in [5.41, 5.74) is 5.52. The van der Waals surface area contributed by atoms with Crippen LogP contribution in [0.2, 0.25) is 0 Å². The van der Waals surface area contributed by atoms with E-state index in [1.165, 1.54) is 44.9 Å². The van der Waals surface area contributed by atoms with Gasteiger partial charge in [0.2, 0.25) is 0 Å². The number of hydrogen-bond acceptors (Lipinski definition) is 15. The third-order valence-electron chi connectivity index (χ3n) is 10.0. The first-order valence-corrected chi connectivity index (χ1v) is 26.1. The summed E-state index contributed by atoms with van der Waals surface area (Å²) in [6, 6.07) is 0. The minimum absolute atomic E-state index is 0.000330. The molecule has 356 valence electrons. The predicted molar refractivity (Wildman–Crippen MR) is 219 cm³/mol. The van der Waals surface area contributed by atoms with Gasteiger partial charge in [-0.1, -0.05) is 129 Å². The van der Waals surface area contributed by atoms with Crippen LogP contribution in [0.4, 0.5) is 0 Å². The maximum absolute atomic E-state index is 13.0. The van der Waals surface area contributed by atoms with Crippen molar-refractivity contribution in [2.24, 2.45) is 5.73 Å². The van der Waals surface area contributed by atoms with Gasteiger partial charge in [-0.3, -0.25) is 27.7 Å². The van der Waals surface area contributed by atoms with Gasteiger partial charge in [-0.25, -0.2) is 13.7 Å². The second-order valence-electron chi connectivity index (χ2n) is 15.4. The number of phosphoric acid groups is 3. The van der Waals surface area contributed by atoms with Crippen molar-refractivity contribution in [1.29, 1.82) is 0 Å². The number of hydrogen-bond donors (Lipinski definition) is 9. The van der Waals surface area contributed by atoms with Crippen molar-refractivity contribution in [3.8, 4) is 0 Å². The van der Waals surface area contributed by atoms with Crippen molar-refractivity contribution >= 4 is 35.4 Å². The fraction of sp³-hybridized carbons (Fsp3) is 0.946. The number of aliphatic hydroxyl groups is 3. The summed E-state index contributed by atoms with van der Waals surface area (Å²) < 4.78 is 65.2. The lowest BCUT2D eigenvalue weighted by Gasteiger charge is -2.44. The van der Waals surface area contributed by atoms with Crippen LogP contribution < -0.4 is 5.73 Å². The summed E-state index contributed by atoms with van der Waals surface area (Å²) in [5.74, 6) is -1.31. The van der Waals surface area contributed by atoms with E-state index < -0.39 is 91.3 Å². The maximum Gasteiger partial charge on any atom is 0.472 e. The monoisotopic (exact) mass is 929 g/mol. The number of ether oxygens (including phenoxy) is 2. The molecule has 0 heterocycles. The number of nitrogens with two attached hydrogens (primary N) is 1. The molecule has 1 saturated carbocycles. The highest BCUT2D eigenvalue weighted by Crippen LogP contribution is 2.51. The third-order valence-corrected chi connectivity index (χ3v) is 12.0. The summed E-state index contributed by atoms with van der Waals surface area (Å²) in [6.07, 6.45) is 6.80. The van der Waals surface area contributed by atoms with Crippen molar-refractivity contribution in [2.45, 2.75) is 204 Å². The van der Waals surface area contributed by atoms with Crippen LogP contribution in [0.15, 0.2) is 0 Å². The van der Waals surface area contributed by atoms with Gasteiger partial charge in [0.15, 0.2) is 6.10 Å². The average molecular weight is 930 g/mol. The first-order valence-electron chi connectivity index (χ1n) is 21.5. The highest BCUT2D eigenvalue weighted by atomic mass is 31.2. The van der Waals surface area contributed by atoms with Gasteiger partial charge < -0.3 is 55.0 Å².